The lowest BCUT2D eigenvalue weighted by atomic mass is 9.88. The van der Waals surface area contributed by atoms with Crippen molar-refractivity contribution in [2.75, 3.05) is 0 Å². The van der Waals surface area contributed by atoms with E-state index in [1.165, 1.54) is 12.1 Å². The van der Waals surface area contributed by atoms with E-state index in [4.69, 9.17) is 0 Å². The molecule has 0 saturated carbocycles. The first kappa shape index (κ1) is 34.5. The third kappa shape index (κ3) is 8.86. The van der Waals surface area contributed by atoms with Gasteiger partial charge in [-0.05, 0) is 60.7 Å². The highest BCUT2D eigenvalue weighted by Crippen LogP contribution is 2.39. The molecule has 4 rings (SSSR count). The zero-order valence-corrected chi connectivity index (χ0v) is 24.2. The number of unbranched alkanes of at least 4 members (excludes halogenated alkanes) is 3. The molecule has 3 aromatic carbocycles. The summed E-state index contributed by atoms with van der Waals surface area (Å²) >= 11 is 0. The van der Waals surface area contributed by atoms with Gasteiger partial charge in [-0.25, -0.2) is 22.0 Å². The molecule has 0 N–H and O–H groups in total. The third-order valence-electron chi connectivity index (χ3n) is 7.04. The van der Waals surface area contributed by atoms with Crippen LogP contribution in [0.3, 0.4) is 0 Å². The van der Waals surface area contributed by atoms with E-state index in [1.807, 2.05) is 0 Å². The van der Waals surface area contributed by atoms with Gasteiger partial charge >= 0.3 is 12.5 Å². The first-order chi connectivity index (χ1) is 21.7. The molecule has 0 heterocycles. The third-order valence-corrected chi connectivity index (χ3v) is 7.04. The summed E-state index contributed by atoms with van der Waals surface area (Å²) < 4.78 is 146. The maximum Gasteiger partial charge on any atom is 0.573 e. The fourth-order valence-electron chi connectivity index (χ4n) is 4.75. The second-order valence-electron chi connectivity index (χ2n) is 10.5. The molecule has 1 atom stereocenters. The second-order valence-corrected chi connectivity index (χ2v) is 10.5. The minimum Gasteiger partial charge on any atom is -0.429 e. The van der Waals surface area contributed by atoms with Crippen LogP contribution in [-0.4, -0.2) is 6.36 Å². The van der Waals surface area contributed by atoms with Crippen LogP contribution in [0.15, 0.2) is 72.1 Å². The summed E-state index contributed by atoms with van der Waals surface area (Å²) in [5, 5.41) is 0. The van der Waals surface area contributed by atoms with E-state index in [9.17, 15) is 39.5 Å². The predicted molar refractivity (Wildman–Crippen MR) is 150 cm³/mol. The topological polar surface area (TPSA) is 18.5 Å². The number of aryl methyl sites for hydroxylation is 1. The van der Waals surface area contributed by atoms with Gasteiger partial charge in [-0.3, -0.25) is 0 Å². The Labute approximate surface area is 258 Å². The average molecular weight is 657 g/mol. The predicted octanol–water partition coefficient (Wildman–Crippen LogP) is 10.7. The highest BCUT2D eigenvalue weighted by molar-refractivity contribution is 5.50. The van der Waals surface area contributed by atoms with Crippen molar-refractivity contribution in [2.45, 2.75) is 63.8 Å². The minimum absolute atomic E-state index is 0.0123. The van der Waals surface area contributed by atoms with Gasteiger partial charge in [0.2, 0.25) is 5.75 Å². The van der Waals surface area contributed by atoms with Crippen LogP contribution in [0.2, 0.25) is 0 Å². The summed E-state index contributed by atoms with van der Waals surface area (Å²) in [6.07, 6.45) is -2.48. The molecular weight excluding hydrogens is 630 g/mol. The quantitative estimate of drug-likeness (QED) is 0.123. The number of allylic oxidation sites excluding steroid dienone is 4. The van der Waals surface area contributed by atoms with Gasteiger partial charge in [-0.2, -0.15) is 8.78 Å². The van der Waals surface area contributed by atoms with Crippen molar-refractivity contribution in [3.8, 4) is 23.3 Å². The van der Waals surface area contributed by atoms with Crippen LogP contribution in [0.1, 0.15) is 67.2 Å². The molecule has 0 bridgehead atoms. The van der Waals surface area contributed by atoms with Crippen molar-refractivity contribution in [3.63, 3.8) is 0 Å². The smallest absolute Gasteiger partial charge is 0.429 e. The Morgan fingerprint density at radius 2 is 1.48 bits per heavy atom. The number of hydrogen-bond acceptors (Lipinski definition) is 2. The molecule has 0 radical (unpaired) electrons. The first-order valence-electron chi connectivity index (χ1n) is 14.2. The summed E-state index contributed by atoms with van der Waals surface area (Å²) in [7, 11) is 0. The van der Waals surface area contributed by atoms with Crippen LogP contribution in [0.5, 0.6) is 11.5 Å². The molecule has 0 aliphatic heterocycles. The Balaban J connectivity index is 1.44. The maximum atomic E-state index is 15.0. The molecule has 12 heteroatoms. The number of alkyl halides is 5. The van der Waals surface area contributed by atoms with Crippen molar-refractivity contribution >= 4 is 0 Å². The summed E-state index contributed by atoms with van der Waals surface area (Å²) in [6, 6.07) is 7.00. The molecule has 3 aromatic rings. The SMILES string of the molecule is CCCCCCc1ccc(C#CC2=CCC(c3ccc(C(F)(F)Oc4cc(F)c(OC(F)(F)F)c(F)c4)c(F)c3)C(F)=C2)c(F)c1. The Morgan fingerprint density at radius 3 is 2.09 bits per heavy atom. The van der Waals surface area contributed by atoms with Gasteiger partial charge in [0.25, 0.3) is 0 Å². The fourth-order valence-corrected chi connectivity index (χ4v) is 4.75. The molecule has 46 heavy (non-hydrogen) atoms. The average Bonchev–Trinajstić information content (AvgIpc) is 2.96. The summed E-state index contributed by atoms with van der Waals surface area (Å²) in [5.41, 5.74) is -0.195. The van der Waals surface area contributed by atoms with Crippen LogP contribution in [0.4, 0.5) is 43.9 Å². The monoisotopic (exact) mass is 656 g/mol. The summed E-state index contributed by atoms with van der Waals surface area (Å²) in [4.78, 5) is 0. The first-order valence-corrected chi connectivity index (χ1v) is 14.2. The van der Waals surface area contributed by atoms with E-state index in [0.717, 1.165) is 49.8 Å². The molecule has 1 unspecified atom stereocenters. The number of hydrogen-bond donors (Lipinski definition) is 0. The zero-order chi connectivity index (χ0) is 33.6. The second kappa shape index (κ2) is 14.4. The van der Waals surface area contributed by atoms with Gasteiger partial charge in [-0.1, -0.05) is 56.2 Å². The van der Waals surface area contributed by atoms with Crippen molar-refractivity contribution in [2.24, 2.45) is 0 Å². The molecule has 244 valence electrons. The van der Waals surface area contributed by atoms with Crippen molar-refractivity contribution in [3.05, 3.63) is 118 Å². The van der Waals surface area contributed by atoms with Crippen LogP contribution in [-0.2, 0) is 12.5 Å². The van der Waals surface area contributed by atoms with Gasteiger partial charge in [-0.15, -0.1) is 13.2 Å². The molecule has 1 aliphatic carbocycles. The van der Waals surface area contributed by atoms with Crippen LogP contribution in [0.25, 0.3) is 0 Å². The maximum absolute atomic E-state index is 15.0. The van der Waals surface area contributed by atoms with Gasteiger partial charge in [0.05, 0.1) is 11.1 Å². The summed E-state index contributed by atoms with van der Waals surface area (Å²) in [5.74, 6) is -5.63. The van der Waals surface area contributed by atoms with Crippen molar-refractivity contribution in [1.29, 1.82) is 0 Å². The molecule has 2 nitrogen and oxygen atoms in total. The van der Waals surface area contributed by atoms with Gasteiger partial charge in [0.15, 0.2) is 11.6 Å². The van der Waals surface area contributed by atoms with E-state index in [1.54, 1.807) is 12.1 Å². The normalized spacial score (nSPS) is 15.1. The van der Waals surface area contributed by atoms with Crippen LogP contribution < -0.4 is 9.47 Å². The Bertz CT molecular complexity index is 1670. The fraction of sp³-hybridized carbons (Fsp3) is 0.294. The van der Waals surface area contributed by atoms with E-state index < -0.39 is 64.5 Å². The molecule has 0 spiro atoms. The summed E-state index contributed by atoms with van der Waals surface area (Å²) in [6.45, 7) is 2.10. The lowest BCUT2D eigenvalue weighted by Crippen LogP contribution is -2.24. The molecular formula is C34H26F10O2. The van der Waals surface area contributed by atoms with E-state index in [2.05, 4.69) is 28.2 Å². The zero-order valence-electron chi connectivity index (χ0n) is 24.2. The van der Waals surface area contributed by atoms with Gasteiger partial charge in [0.1, 0.15) is 23.2 Å². The number of ether oxygens (including phenoxy) is 2. The lowest BCUT2D eigenvalue weighted by Gasteiger charge is -2.22. The van der Waals surface area contributed by atoms with Crippen LogP contribution in [0, 0.1) is 35.1 Å². The van der Waals surface area contributed by atoms with E-state index in [-0.39, 0.29) is 35.3 Å². The highest BCUT2D eigenvalue weighted by Gasteiger charge is 2.39. The highest BCUT2D eigenvalue weighted by atomic mass is 19.4. The van der Waals surface area contributed by atoms with E-state index >= 15 is 4.39 Å². The largest absolute Gasteiger partial charge is 0.573 e. The van der Waals surface area contributed by atoms with Crippen molar-refractivity contribution in [1.82, 2.24) is 0 Å². The Kier molecular flexibility index (Phi) is 10.8. The molecule has 0 saturated heterocycles. The van der Waals surface area contributed by atoms with Crippen molar-refractivity contribution < 1.29 is 53.4 Å². The van der Waals surface area contributed by atoms with Crippen LogP contribution >= 0.6 is 0 Å². The standard InChI is InChI=1S/C34H26F10O2/c1-2-3-4-5-6-20-7-10-22(27(35)15-20)11-8-21-9-13-25(28(36)16-21)23-12-14-26(29(37)17-23)33(40,41)45-24-18-30(38)32(31(39)19-24)46-34(42,43)44/h7,9-10,12,14-19,25H,2-6,13H2,1H3. The van der Waals surface area contributed by atoms with Gasteiger partial charge < -0.3 is 9.47 Å². The number of halogens is 10. The van der Waals surface area contributed by atoms with E-state index in [0.29, 0.717) is 12.1 Å². The molecule has 1 aliphatic rings. The number of benzene rings is 3. The van der Waals surface area contributed by atoms with Gasteiger partial charge in [0, 0.05) is 23.6 Å². The molecule has 0 amide bonds. The Hall–Kier alpha value is -4.40. The number of rotatable bonds is 10. The minimum atomic E-state index is -5.46. The molecule has 0 aromatic heterocycles. The lowest BCUT2D eigenvalue weighted by molar-refractivity contribution is -0.276. The molecule has 0 fully saturated rings. The Morgan fingerprint density at radius 1 is 0.761 bits per heavy atom.